The molecule has 0 aromatic carbocycles. The van der Waals surface area contributed by atoms with Crippen molar-refractivity contribution in [3.63, 3.8) is 0 Å². The maximum atomic E-state index is 12.2. The molecule has 2 heterocycles. The Morgan fingerprint density at radius 2 is 2.28 bits per heavy atom. The topological polar surface area (TPSA) is 94.4 Å². The zero-order valence-corrected chi connectivity index (χ0v) is 10.2. The average Bonchev–Trinajstić information content (AvgIpc) is 2.70. The number of likely N-dealkylation sites (tertiary alicyclic amines) is 1. The third-order valence-electron chi connectivity index (χ3n) is 3.25. The highest BCUT2D eigenvalue weighted by Gasteiger charge is 2.27. The van der Waals surface area contributed by atoms with Gasteiger partial charge in [0.2, 0.25) is 0 Å². The Labute approximate surface area is 104 Å². The summed E-state index contributed by atoms with van der Waals surface area (Å²) in [5, 5.41) is 10.7. The predicted octanol–water partition coefficient (Wildman–Crippen LogP) is 0.497. The summed E-state index contributed by atoms with van der Waals surface area (Å²) >= 11 is 0. The van der Waals surface area contributed by atoms with Crippen LogP contribution in [0.2, 0.25) is 0 Å². The van der Waals surface area contributed by atoms with E-state index in [4.69, 9.17) is 5.73 Å². The van der Waals surface area contributed by atoms with Crippen LogP contribution in [-0.4, -0.2) is 39.4 Å². The normalized spacial score (nSPS) is 19.9. The van der Waals surface area contributed by atoms with Gasteiger partial charge in [0.05, 0.1) is 7.05 Å². The lowest BCUT2D eigenvalue weighted by atomic mass is 10.1. The van der Waals surface area contributed by atoms with Gasteiger partial charge in [0, 0.05) is 25.2 Å². The fraction of sp³-hybridized carbons (Fsp3) is 0.545. The van der Waals surface area contributed by atoms with Crippen molar-refractivity contribution in [2.45, 2.75) is 18.9 Å². The number of carbonyl (C=O) groups is 1. The third-order valence-corrected chi connectivity index (χ3v) is 3.25. The quantitative estimate of drug-likeness (QED) is 0.612. The van der Waals surface area contributed by atoms with Gasteiger partial charge >= 0.3 is 5.82 Å². The Bertz CT molecular complexity index is 483. The highest BCUT2D eigenvalue weighted by molar-refractivity contribution is 5.93. The lowest BCUT2D eigenvalue weighted by Gasteiger charge is -2.30. The van der Waals surface area contributed by atoms with E-state index in [9.17, 15) is 14.9 Å². The van der Waals surface area contributed by atoms with Crippen molar-refractivity contribution in [1.82, 2.24) is 9.47 Å². The SMILES string of the molecule is Cn1c(C(=O)N2CCCC(N)C2)ccc1[N+](=O)[O-]. The number of carbonyl (C=O) groups excluding carboxylic acids is 1. The standard InChI is InChI=1S/C11H16N4O3/c1-13-9(4-5-10(13)15(17)18)11(16)14-6-2-3-8(12)7-14/h4-5,8H,2-3,6-7,12H2,1H3. The van der Waals surface area contributed by atoms with Gasteiger partial charge in [0.15, 0.2) is 5.69 Å². The number of piperidine rings is 1. The first-order chi connectivity index (χ1) is 8.50. The smallest absolute Gasteiger partial charge is 0.323 e. The van der Waals surface area contributed by atoms with Gasteiger partial charge in [-0.05, 0) is 23.8 Å². The van der Waals surface area contributed by atoms with Gasteiger partial charge in [0.1, 0.15) is 0 Å². The number of nitro groups is 1. The van der Waals surface area contributed by atoms with Crippen LogP contribution in [0, 0.1) is 10.1 Å². The van der Waals surface area contributed by atoms with E-state index >= 15 is 0 Å². The molecule has 0 saturated carbocycles. The summed E-state index contributed by atoms with van der Waals surface area (Å²) in [6.07, 6.45) is 1.79. The molecule has 0 bridgehead atoms. The molecular weight excluding hydrogens is 236 g/mol. The van der Waals surface area contributed by atoms with Gasteiger partial charge in [-0.25, -0.2) is 4.57 Å². The number of hydrogen-bond acceptors (Lipinski definition) is 4. The van der Waals surface area contributed by atoms with Gasteiger partial charge in [-0.3, -0.25) is 4.79 Å². The second kappa shape index (κ2) is 4.77. The molecule has 7 heteroatoms. The van der Waals surface area contributed by atoms with Gasteiger partial charge in [0.25, 0.3) is 5.91 Å². The van der Waals surface area contributed by atoms with Crippen LogP contribution in [0.1, 0.15) is 23.3 Å². The van der Waals surface area contributed by atoms with Crippen molar-refractivity contribution in [3.05, 3.63) is 27.9 Å². The molecule has 1 atom stereocenters. The Hall–Kier alpha value is -1.89. The highest BCUT2D eigenvalue weighted by atomic mass is 16.6. The molecule has 18 heavy (non-hydrogen) atoms. The monoisotopic (exact) mass is 252 g/mol. The molecule has 1 aromatic heterocycles. The lowest BCUT2D eigenvalue weighted by molar-refractivity contribution is -0.391. The van der Waals surface area contributed by atoms with Crippen molar-refractivity contribution >= 4 is 11.7 Å². The number of aromatic nitrogens is 1. The lowest BCUT2D eigenvalue weighted by Crippen LogP contribution is -2.46. The van der Waals surface area contributed by atoms with Crippen LogP contribution in [0.25, 0.3) is 0 Å². The number of nitrogens with two attached hydrogens (primary N) is 1. The Balaban J connectivity index is 2.21. The van der Waals surface area contributed by atoms with Crippen LogP contribution in [0.15, 0.2) is 12.1 Å². The number of hydrogen-bond donors (Lipinski definition) is 1. The average molecular weight is 252 g/mol. The maximum Gasteiger partial charge on any atom is 0.323 e. The Morgan fingerprint density at radius 1 is 1.56 bits per heavy atom. The molecule has 1 amide bonds. The molecule has 0 aliphatic carbocycles. The van der Waals surface area contributed by atoms with Crippen LogP contribution >= 0.6 is 0 Å². The van der Waals surface area contributed by atoms with Crippen molar-refractivity contribution in [2.24, 2.45) is 12.8 Å². The van der Waals surface area contributed by atoms with Crippen molar-refractivity contribution < 1.29 is 9.72 Å². The predicted molar refractivity (Wildman–Crippen MR) is 65.2 cm³/mol. The molecule has 1 aromatic rings. The van der Waals surface area contributed by atoms with E-state index < -0.39 is 4.92 Å². The summed E-state index contributed by atoms with van der Waals surface area (Å²) < 4.78 is 1.31. The van der Waals surface area contributed by atoms with Gasteiger partial charge in [-0.15, -0.1) is 0 Å². The third kappa shape index (κ3) is 2.21. The Morgan fingerprint density at radius 3 is 2.83 bits per heavy atom. The van der Waals surface area contributed by atoms with E-state index in [-0.39, 0.29) is 17.8 Å². The van der Waals surface area contributed by atoms with Crippen LogP contribution < -0.4 is 5.73 Å². The van der Waals surface area contributed by atoms with E-state index in [1.54, 1.807) is 4.90 Å². The van der Waals surface area contributed by atoms with E-state index in [0.29, 0.717) is 18.8 Å². The minimum absolute atomic E-state index is 0.00189. The van der Waals surface area contributed by atoms with Crippen molar-refractivity contribution in [3.8, 4) is 0 Å². The maximum absolute atomic E-state index is 12.2. The van der Waals surface area contributed by atoms with E-state index in [0.717, 1.165) is 12.8 Å². The second-order valence-electron chi connectivity index (χ2n) is 4.55. The number of rotatable bonds is 2. The first-order valence-electron chi connectivity index (χ1n) is 5.85. The zero-order chi connectivity index (χ0) is 13.3. The minimum atomic E-state index is -0.501. The van der Waals surface area contributed by atoms with Gasteiger partial charge < -0.3 is 20.7 Å². The van der Waals surface area contributed by atoms with E-state index in [2.05, 4.69) is 0 Å². The van der Waals surface area contributed by atoms with Crippen molar-refractivity contribution in [1.29, 1.82) is 0 Å². The molecule has 7 nitrogen and oxygen atoms in total. The van der Waals surface area contributed by atoms with Crippen LogP contribution in [-0.2, 0) is 7.05 Å². The van der Waals surface area contributed by atoms with Gasteiger partial charge in [-0.2, -0.15) is 0 Å². The van der Waals surface area contributed by atoms with Gasteiger partial charge in [-0.1, -0.05) is 0 Å². The first-order valence-corrected chi connectivity index (χ1v) is 5.85. The van der Waals surface area contributed by atoms with Crippen LogP contribution in [0.3, 0.4) is 0 Å². The molecule has 0 spiro atoms. The molecule has 1 saturated heterocycles. The minimum Gasteiger partial charge on any atom is -0.358 e. The summed E-state index contributed by atoms with van der Waals surface area (Å²) in [4.78, 5) is 24.1. The molecule has 2 rings (SSSR count). The molecule has 1 unspecified atom stereocenters. The molecule has 1 aliphatic heterocycles. The summed E-state index contributed by atoms with van der Waals surface area (Å²) in [5.74, 6) is -0.277. The summed E-state index contributed by atoms with van der Waals surface area (Å²) in [5.41, 5.74) is 6.15. The first kappa shape index (κ1) is 12.6. The number of amides is 1. The fourth-order valence-corrected chi connectivity index (χ4v) is 2.26. The van der Waals surface area contributed by atoms with Crippen LogP contribution in [0.5, 0.6) is 0 Å². The summed E-state index contributed by atoms with van der Waals surface area (Å²) in [6, 6.07) is 2.83. The second-order valence-corrected chi connectivity index (χ2v) is 4.55. The molecule has 1 fully saturated rings. The highest BCUT2D eigenvalue weighted by Crippen LogP contribution is 2.18. The van der Waals surface area contributed by atoms with E-state index in [1.165, 1.54) is 23.7 Å². The van der Waals surface area contributed by atoms with E-state index in [1.807, 2.05) is 0 Å². The molecule has 1 aliphatic rings. The number of nitrogens with zero attached hydrogens (tertiary/aromatic N) is 3. The largest absolute Gasteiger partial charge is 0.358 e. The Kier molecular flexibility index (Phi) is 3.33. The van der Waals surface area contributed by atoms with Crippen molar-refractivity contribution in [2.75, 3.05) is 13.1 Å². The molecule has 98 valence electrons. The van der Waals surface area contributed by atoms with Crippen LogP contribution in [0.4, 0.5) is 5.82 Å². The molecule has 2 N–H and O–H groups in total. The fourth-order valence-electron chi connectivity index (χ4n) is 2.26. The summed E-state index contributed by atoms with van der Waals surface area (Å²) in [6.45, 7) is 1.17. The molecular formula is C11H16N4O3. The molecule has 0 radical (unpaired) electrons. The summed E-state index contributed by atoms with van der Waals surface area (Å²) in [7, 11) is 1.52. The zero-order valence-electron chi connectivity index (χ0n) is 10.2.